The molecule has 0 spiro atoms. The molecule has 6 heteroatoms. The van der Waals surface area contributed by atoms with Gasteiger partial charge in [-0.05, 0) is 37.6 Å². The molecule has 5 rings (SSSR count). The van der Waals surface area contributed by atoms with Gasteiger partial charge >= 0.3 is 0 Å². The highest BCUT2D eigenvalue weighted by atomic mass is 15.3. The van der Waals surface area contributed by atoms with Crippen molar-refractivity contribution in [2.24, 2.45) is 0 Å². The summed E-state index contributed by atoms with van der Waals surface area (Å²) in [6.45, 7) is 4.13. The van der Waals surface area contributed by atoms with E-state index in [1.807, 2.05) is 33.3 Å². The smallest absolute Gasteiger partial charge is 0.175 e. The molecule has 0 aliphatic rings. The standard InChI is InChI=1S/C20H16N6/c1-13-5-3-7-15(9-13)18-23-24-20-17-11-22-26(19(17)21-12-25(18)20)16-8-4-6-14(2)10-16/h3-12H,1-2H3. The van der Waals surface area contributed by atoms with E-state index in [4.69, 9.17) is 0 Å². The second-order valence-electron chi connectivity index (χ2n) is 6.46. The maximum atomic E-state index is 4.64. The van der Waals surface area contributed by atoms with Crippen LogP contribution in [0.15, 0.2) is 61.1 Å². The summed E-state index contributed by atoms with van der Waals surface area (Å²) in [4.78, 5) is 4.64. The van der Waals surface area contributed by atoms with Crippen LogP contribution in [0.3, 0.4) is 0 Å². The number of nitrogens with zero attached hydrogens (tertiary/aromatic N) is 6. The number of benzene rings is 2. The molecule has 0 fully saturated rings. The molecule has 0 aliphatic heterocycles. The molecule has 0 saturated heterocycles. The molecule has 0 atom stereocenters. The summed E-state index contributed by atoms with van der Waals surface area (Å²) in [5.41, 5.74) is 5.88. The maximum absolute atomic E-state index is 4.64. The summed E-state index contributed by atoms with van der Waals surface area (Å²) in [6, 6.07) is 16.4. The van der Waals surface area contributed by atoms with E-state index in [0.29, 0.717) is 0 Å². The molecule has 3 heterocycles. The molecule has 6 nitrogen and oxygen atoms in total. The largest absolute Gasteiger partial charge is 0.265 e. The summed E-state index contributed by atoms with van der Waals surface area (Å²) in [5, 5.41) is 14.2. The van der Waals surface area contributed by atoms with Crippen molar-refractivity contribution in [2.75, 3.05) is 0 Å². The fourth-order valence-electron chi connectivity index (χ4n) is 3.25. The Bertz CT molecular complexity index is 1170. The normalized spacial score (nSPS) is 11.5. The van der Waals surface area contributed by atoms with E-state index < -0.39 is 0 Å². The van der Waals surface area contributed by atoms with Gasteiger partial charge in [-0.25, -0.2) is 9.67 Å². The van der Waals surface area contributed by atoms with Crippen LogP contribution in [-0.4, -0.2) is 29.4 Å². The van der Waals surface area contributed by atoms with E-state index in [1.165, 1.54) is 11.1 Å². The van der Waals surface area contributed by atoms with Crippen molar-refractivity contribution in [1.82, 2.24) is 29.4 Å². The first-order valence-corrected chi connectivity index (χ1v) is 8.42. The molecule has 0 unspecified atom stereocenters. The second kappa shape index (κ2) is 5.49. The lowest BCUT2D eigenvalue weighted by Crippen LogP contribution is -1.99. The van der Waals surface area contributed by atoms with Crippen molar-refractivity contribution in [1.29, 1.82) is 0 Å². The molecule has 126 valence electrons. The highest BCUT2D eigenvalue weighted by Gasteiger charge is 2.15. The van der Waals surface area contributed by atoms with Crippen LogP contribution in [0.4, 0.5) is 0 Å². The zero-order valence-electron chi connectivity index (χ0n) is 14.5. The van der Waals surface area contributed by atoms with Crippen LogP contribution in [0.1, 0.15) is 11.1 Å². The van der Waals surface area contributed by atoms with Gasteiger partial charge in [-0.1, -0.05) is 35.9 Å². The Balaban J connectivity index is 1.73. The van der Waals surface area contributed by atoms with E-state index >= 15 is 0 Å². The molecule has 0 amide bonds. The maximum Gasteiger partial charge on any atom is 0.175 e. The first kappa shape index (κ1) is 14.8. The summed E-state index contributed by atoms with van der Waals surface area (Å²) in [7, 11) is 0. The topological polar surface area (TPSA) is 60.9 Å². The lowest BCUT2D eigenvalue weighted by Gasteiger charge is -2.04. The Morgan fingerprint density at radius 3 is 2.46 bits per heavy atom. The Morgan fingerprint density at radius 1 is 0.846 bits per heavy atom. The SMILES string of the molecule is Cc1cccc(-c2nnc3c4cnn(-c5cccc(C)c5)c4ncn23)c1. The van der Waals surface area contributed by atoms with Crippen LogP contribution >= 0.6 is 0 Å². The zero-order chi connectivity index (χ0) is 17.7. The predicted molar refractivity (Wildman–Crippen MR) is 100 cm³/mol. The Kier molecular flexibility index (Phi) is 3.12. The number of aromatic nitrogens is 6. The predicted octanol–water partition coefficient (Wildman–Crippen LogP) is 3.75. The van der Waals surface area contributed by atoms with E-state index in [9.17, 15) is 0 Å². The van der Waals surface area contributed by atoms with Gasteiger partial charge in [0.25, 0.3) is 0 Å². The molecule has 0 N–H and O–H groups in total. The molecule has 5 aromatic rings. The van der Waals surface area contributed by atoms with Crippen molar-refractivity contribution < 1.29 is 0 Å². The summed E-state index contributed by atoms with van der Waals surface area (Å²) < 4.78 is 3.75. The monoisotopic (exact) mass is 340 g/mol. The number of fused-ring (bicyclic) bond motifs is 3. The molecule has 0 saturated carbocycles. The molecular formula is C20H16N6. The summed E-state index contributed by atoms with van der Waals surface area (Å²) in [6.07, 6.45) is 3.57. The summed E-state index contributed by atoms with van der Waals surface area (Å²) >= 11 is 0. The second-order valence-corrected chi connectivity index (χ2v) is 6.46. The fraction of sp³-hybridized carbons (Fsp3) is 0.100. The first-order chi connectivity index (χ1) is 12.7. The lowest BCUT2D eigenvalue weighted by atomic mass is 10.1. The third kappa shape index (κ3) is 2.19. The molecule has 2 aromatic carbocycles. The van der Waals surface area contributed by atoms with Crippen molar-refractivity contribution in [2.45, 2.75) is 13.8 Å². The van der Waals surface area contributed by atoms with Crippen LogP contribution in [-0.2, 0) is 0 Å². The minimum absolute atomic E-state index is 0.755. The van der Waals surface area contributed by atoms with E-state index in [2.05, 4.69) is 58.4 Å². The fourth-order valence-corrected chi connectivity index (χ4v) is 3.25. The minimum Gasteiger partial charge on any atom is -0.265 e. The molecule has 26 heavy (non-hydrogen) atoms. The Labute approximate surface area is 149 Å². The third-order valence-corrected chi connectivity index (χ3v) is 4.50. The van der Waals surface area contributed by atoms with Gasteiger partial charge in [0.15, 0.2) is 17.1 Å². The molecule has 0 aliphatic carbocycles. The van der Waals surface area contributed by atoms with Crippen LogP contribution in [0, 0.1) is 13.8 Å². The van der Waals surface area contributed by atoms with Crippen LogP contribution < -0.4 is 0 Å². The Morgan fingerprint density at radius 2 is 1.65 bits per heavy atom. The number of hydrogen-bond acceptors (Lipinski definition) is 4. The average Bonchev–Trinajstić information content (AvgIpc) is 3.25. The highest BCUT2D eigenvalue weighted by molar-refractivity contribution is 5.90. The van der Waals surface area contributed by atoms with Crippen molar-refractivity contribution in [3.8, 4) is 17.1 Å². The molecule has 0 bridgehead atoms. The van der Waals surface area contributed by atoms with Gasteiger partial charge in [-0.15, -0.1) is 10.2 Å². The number of rotatable bonds is 2. The Hall–Kier alpha value is -3.54. The first-order valence-electron chi connectivity index (χ1n) is 8.42. The van der Waals surface area contributed by atoms with Crippen LogP contribution in [0.5, 0.6) is 0 Å². The van der Waals surface area contributed by atoms with Gasteiger partial charge in [0.1, 0.15) is 6.33 Å². The third-order valence-electron chi connectivity index (χ3n) is 4.50. The van der Waals surface area contributed by atoms with Crippen molar-refractivity contribution >= 4 is 16.7 Å². The van der Waals surface area contributed by atoms with Crippen molar-refractivity contribution in [3.05, 3.63) is 72.2 Å². The minimum atomic E-state index is 0.755. The molecular weight excluding hydrogens is 324 g/mol. The van der Waals surface area contributed by atoms with E-state index in [-0.39, 0.29) is 0 Å². The van der Waals surface area contributed by atoms with Gasteiger partial charge in [0.2, 0.25) is 0 Å². The van der Waals surface area contributed by atoms with Gasteiger partial charge in [0, 0.05) is 5.56 Å². The van der Waals surface area contributed by atoms with E-state index in [0.717, 1.165) is 33.8 Å². The van der Waals surface area contributed by atoms with Gasteiger partial charge in [0.05, 0.1) is 17.3 Å². The van der Waals surface area contributed by atoms with Gasteiger partial charge < -0.3 is 0 Å². The average molecular weight is 340 g/mol. The molecule has 3 aromatic heterocycles. The van der Waals surface area contributed by atoms with Crippen LogP contribution in [0.2, 0.25) is 0 Å². The highest BCUT2D eigenvalue weighted by Crippen LogP contribution is 2.24. The molecule has 0 radical (unpaired) electrons. The van der Waals surface area contributed by atoms with Gasteiger partial charge in [-0.3, -0.25) is 4.40 Å². The summed E-state index contributed by atoms with van der Waals surface area (Å²) in [5.74, 6) is 0.779. The lowest BCUT2D eigenvalue weighted by molar-refractivity contribution is 0.892. The quantitative estimate of drug-likeness (QED) is 0.491. The van der Waals surface area contributed by atoms with Gasteiger partial charge in [-0.2, -0.15) is 5.10 Å². The number of hydrogen-bond donors (Lipinski definition) is 0. The van der Waals surface area contributed by atoms with Crippen molar-refractivity contribution in [3.63, 3.8) is 0 Å². The van der Waals surface area contributed by atoms with Crippen LogP contribution in [0.25, 0.3) is 33.8 Å². The zero-order valence-corrected chi connectivity index (χ0v) is 14.5. The van der Waals surface area contributed by atoms with E-state index in [1.54, 1.807) is 12.5 Å². The number of aryl methyl sites for hydroxylation is 2.